The molecule has 2 saturated heterocycles. The van der Waals surface area contributed by atoms with Gasteiger partial charge in [0, 0.05) is 24.7 Å². The lowest BCUT2D eigenvalue weighted by Gasteiger charge is -2.45. The van der Waals surface area contributed by atoms with E-state index in [1.54, 1.807) is 6.92 Å². The maximum absolute atomic E-state index is 12.5. The second-order valence-electron chi connectivity index (χ2n) is 10.4. The third-order valence-corrected chi connectivity index (χ3v) is 7.72. The average Bonchev–Trinajstić information content (AvgIpc) is 3.00. The first kappa shape index (κ1) is 22.8. The summed E-state index contributed by atoms with van der Waals surface area (Å²) in [4.78, 5) is 12.5. The largest absolute Gasteiger partial charge is 0.457 e. The van der Waals surface area contributed by atoms with Crippen molar-refractivity contribution in [2.75, 3.05) is 0 Å². The van der Waals surface area contributed by atoms with Crippen molar-refractivity contribution in [3.05, 3.63) is 11.6 Å². The van der Waals surface area contributed by atoms with E-state index in [1.165, 1.54) is 5.57 Å². The molecule has 0 aromatic rings. The highest BCUT2D eigenvalue weighted by atomic mass is 16.6. The van der Waals surface area contributed by atoms with Crippen molar-refractivity contribution in [3.63, 3.8) is 0 Å². The average molecular weight is 409 g/mol. The van der Waals surface area contributed by atoms with E-state index in [0.29, 0.717) is 37.5 Å². The molecule has 2 aliphatic heterocycles. The summed E-state index contributed by atoms with van der Waals surface area (Å²) < 4.78 is 12.8. The lowest BCUT2D eigenvalue weighted by atomic mass is 9.62. The number of ether oxygens (including phenoxy) is 2. The van der Waals surface area contributed by atoms with Crippen LogP contribution >= 0.6 is 0 Å². The second-order valence-corrected chi connectivity index (χ2v) is 10.4. The van der Waals surface area contributed by atoms with Gasteiger partial charge in [0.25, 0.3) is 0 Å². The normalized spacial score (nSPS) is 45.1. The molecular formula is C24H40O5. The molecule has 0 spiro atoms. The number of rotatable bonds is 4. The third-order valence-electron chi connectivity index (χ3n) is 7.72. The fraction of sp³-hybridized carbons (Fsp3) is 0.875. The number of hydrogen-bond acceptors (Lipinski definition) is 5. The van der Waals surface area contributed by atoms with E-state index >= 15 is 0 Å². The number of allylic oxidation sites excluding steroid dienone is 1. The first-order chi connectivity index (χ1) is 13.5. The van der Waals surface area contributed by atoms with Crippen molar-refractivity contribution in [3.8, 4) is 0 Å². The van der Waals surface area contributed by atoms with Crippen molar-refractivity contribution in [2.45, 2.75) is 110 Å². The molecule has 0 saturated carbocycles. The highest BCUT2D eigenvalue weighted by molar-refractivity contribution is 5.69. The molecule has 5 nitrogen and oxygen atoms in total. The van der Waals surface area contributed by atoms with Crippen LogP contribution in [0.25, 0.3) is 0 Å². The van der Waals surface area contributed by atoms with Crippen LogP contribution in [0.15, 0.2) is 11.6 Å². The van der Waals surface area contributed by atoms with Gasteiger partial charge in [-0.3, -0.25) is 4.79 Å². The predicted molar refractivity (Wildman–Crippen MR) is 112 cm³/mol. The fourth-order valence-electron chi connectivity index (χ4n) is 5.99. The van der Waals surface area contributed by atoms with Crippen LogP contribution in [-0.4, -0.2) is 45.7 Å². The standard InChI is InChI=1S/C24H40O5/c1-7-8-19(26)29-24(6)12-11-18(25)23(5,27)13-17-20-15(4)9-10-16(14(2)3)21(20)22(24)28-17/h9,14,16-18,20-22,25,27H,7-8,10-13H2,1-6H3/t16-,17-,18+,20?,21-,22-,23+,24-/m1/s1. The summed E-state index contributed by atoms with van der Waals surface area (Å²) in [7, 11) is 0. The lowest BCUT2D eigenvalue weighted by Crippen LogP contribution is -2.51. The summed E-state index contributed by atoms with van der Waals surface area (Å²) in [6.07, 6.45) is 4.42. The van der Waals surface area contributed by atoms with Gasteiger partial charge >= 0.3 is 5.97 Å². The minimum absolute atomic E-state index is 0.183. The zero-order valence-corrected chi connectivity index (χ0v) is 19.0. The number of hydrogen-bond donors (Lipinski definition) is 2. The Balaban J connectivity index is 2.05. The van der Waals surface area contributed by atoms with Crippen molar-refractivity contribution >= 4 is 5.97 Å². The van der Waals surface area contributed by atoms with Crippen molar-refractivity contribution in [2.24, 2.45) is 23.7 Å². The Labute approximate surface area is 175 Å². The van der Waals surface area contributed by atoms with E-state index in [1.807, 2.05) is 13.8 Å². The maximum Gasteiger partial charge on any atom is 0.306 e. The number of esters is 1. The van der Waals surface area contributed by atoms with Gasteiger partial charge in [0.15, 0.2) is 0 Å². The molecule has 2 bridgehead atoms. The highest BCUT2D eigenvalue weighted by Gasteiger charge is 2.59. The molecule has 2 fully saturated rings. The Morgan fingerprint density at radius 3 is 2.69 bits per heavy atom. The monoisotopic (exact) mass is 408 g/mol. The quantitative estimate of drug-likeness (QED) is 0.543. The first-order valence-electron chi connectivity index (χ1n) is 11.4. The summed E-state index contributed by atoms with van der Waals surface area (Å²) in [6.45, 7) is 12.3. The molecule has 0 radical (unpaired) electrons. The Morgan fingerprint density at radius 2 is 2.07 bits per heavy atom. The van der Waals surface area contributed by atoms with Gasteiger partial charge in [-0.25, -0.2) is 0 Å². The van der Waals surface area contributed by atoms with Crippen LogP contribution in [0.1, 0.15) is 80.1 Å². The van der Waals surface area contributed by atoms with Crippen LogP contribution in [0.4, 0.5) is 0 Å². The van der Waals surface area contributed by atoms with Crippen LogP contribution in [0.5, 0.6) is 0 Å². The van der Waals surface area contributed by atoms with Gasteiger partial charge in [-0.05, 0) is 58.3 Å². The molecule has 2 N–H and O–H groups in total. The summed E-state index contributed by atoms with van der Waals surface area (Å²) >= 11 is 0. The second kappa shape index (κ2) is 8.32. The number of aliphatic hydroxyl groups excluding tert-OH is 1. The minimum Gasteiger partial charge on any atom is -0.457 e. The zero-order valence-electron chi connectivity index (χ0n) is 19.0. The summed E-state index contributed by atoms with van der Waals surface area (Å²) in [6, 6.07) is 0. The molecule has 5 heteroatoms. The van der Waals surface area contributed by atoms with Crippen LogP contribution in [0, 0.1) is 23.7 Å². The van der Waals surface area contributed by atoms with Gasteiger partial charge in [0.2, 0.25) is 0 Å². The topological polar surface area (TPSA) is 76.0 Å². The molecule has 8 atom stereocenters. The highest BCUT2D eigenvalue weighted by Crippen LogP contribution is 2.54. The number of carbonyl (C=O) groups excluding carboxylic acids is 1. The first-order valence-corrected chi connectivity index (χ1v) is 11.4. The number of aliphatic hydroxyl groups is 2. The summed E-state index contributed by atoms with van der Waals surface area (Å²) in [5, 5.41) is 21.7. The van der Waals surface area contributed by atoms with Gasteiger partial charge in [-0.1, -0.05) is 32.4 Å². The fourth-order valence-corrected chi connectivity index (χ4v) is 5.99. The lowest BCUT2D eigenvalue weighted by molar-refractivity contribution is -0.181. The number of carbonyl (C=O) groups is 1. The van der Waals surface area contributed by atoms with Crippen LogP contribution < -0.4 is 0 Å². The van der Waals surface area contributed by atoms with Gasteiger partial charge in [-0.15, -0.1) is 0 Å². The number of fused-ring (bicyclic) bond motifs is 5. The molecule has 0 amide bonds. The molecule has 166 valence electrons. The van der Waals surface area contributed by atoms with Gasteiger partial charge in [0.05, 0.1) is 17.8 Å². The molecule has 0 aromatic carbocycles. The van der Waals surface area contributed by atoms with E-state index in [0.717, 1.165) is 12.8 Å². The molecule has 1 aliphatic carbocycles. The molecule has 0 aromatic heterocycles. The molecular weight excluding hydrogens is 368 g/mol. The zero-order chi connectivity index (χ0) is 21.6. The third kappa shape index (κ3) is 4.28. The van der Waals surface area contributed by atoms with Crippen molar-refractivity contribution < 1.29 is 24.5 Å². The van der Waals surface area contributed by atoms with E-state index in [4.69, 9.17) is 9.47 Å². The van der Waals surface area contributed by atoms with E-state index < -0.39 is 17.3 Å². The van der Waals surface area contributed by atoms with Gasteiger partial charge in [0.1, 0.15) is 11.7 Å². The Morgan fingerprint density at radius 1 is 1.38 bits per heavy atom. The van der Waals surface area contributed by atoms with Gasteiger partial charge < -0.3 is 19.7 Å². The van der Waals surface area contributed by atoms with Crippen LogP contribution in [0.3, 0.4) is 0 Å². The van der Waals surface area contributed by atoms with Crippen molar-refractivity contribution in [1.82, 2.24) is 0 Å². The molecule has 3 aliphatic rings. The Bertz CT molecular complexity index is 639. The van der Waals surface area contributed by atoms with Crippen LogP contribution in [-0.2, 0) is 14.3 Å². The molecule has 29 heavy (non-hydrogen) atoms. The van der Waals surface area contributed by atoms with E-state index in [-0.39, 0.29) is 30.0 Å². The maximum atomic E-state index is 12.5. The Kier molecular flexibility index (Phi) is 6.53. The minimum atomic E-state index is -1.23. The predicted octanol–water partition coefficient (Wildman–Crippen LogP) is 4.01. The van der Waals surface area contributed by atoms with E-state index in [9.17, 15) is 15.0 Å². The molecule has 1 unspecified atom stereocenters. The Hall–Kier alpha value is -0.910. The SMILES string of the molecule is CCCC(=O)O[C@]1(C)CC[C@H](O)[C@@](C)(O)C[C@H]2O[C@@H]1[C@H]1C2C(C)=CC[C@@H]1C(C)C. The van der Waals surface area contributed by atoms with E-state index in [2.05, 4.69) is 26.8 Å². The van der Waals surface area contributed by atoms with Crippen molar-refractivity contribution in [1.29, 1.82) is 0 Å². The molecule has 3 rings (SSSR count). The van der Waals surface area contributed by atoms with Crippen LogP contribution in [0.2, 0.25) is 0 Å². The summed E-state index contributed by atoms with van der Waals surface area (Å²) in [5.74, 6) is 1.15. The molecule has 2 heterocycles. The summed E-state index contributed by atoms with van der Waals surface area (Å²) in [5.41, 5.74) is -0.739. The smallest absolute Gasteiger partial charge is 0.306 e. The van der Waals surface area contributed by atoms with Gasteiger partial charge in [-0.2, -0.15) is 0 Å².